The largest absolute Gasteiger partial charge is 0.481 e. The van der Waals surface area contributed by atoms with E-state index in [0.29, 0.717) is 83.3 Å². The standard InChI is InChI=1S/C46H84N6O9/c1-35(53)38(47)22-18-21-33-50-45(59)39(48)23-19-20-32-49-42(55)31-30-40(46(60)61)52-44(58)37-28-26-36(27-29-37)34-51-41(54)24-16-14-12-10-8-6-4-2-3-5-7-9-11-13-15-17-25-43(56)57/h36-40H,2-34,47-48H2,1H3,(H,49,55)(H,50,59)(H,51,54)(H,52,58)(H,56,57)(H,60,61)/t36-,37-,38-,39-,40-/m0/s1. The number of hydrogen-bond donors (Lipinski definition) is 8. The van der Waals surface area contributed by atoms with E-state index in [-0.39, 0.29) is 48.2 Å². The van der Waals surface area contributed by atoms with Gasteiger partial charge in [-0.05, 0) is 96.3 Å². The number of carbonyl (C=O) groups is 7. The highest BCUT2D eigenvalue weighted by atomic mass is 16.4. The number of nitrogens with two attached hydrogens (primary N) is 2. The van der Waals surface area contributed by atoms with Crippen LogP contribution >= 0.6 is 0 Å². The fourth-order valence-corrected chi connectivity index (χ4v) is 7.81. The van der Waals surface area contributed by atoms with Gasteiger partial charge in [0.2, 0.25) is 23.6 Å². The maximum absolute atomic E-state index is 12.9. The number of ketones is 1. The van der Waals surface area contributed by atoms with Gasteiger partial charge in [-0.15, -0.1) is 0 Å². The van der Waals surface area contributed by atoms with Gasteiger partial charge < -0.3 is 42.9 Å². The van der Waals surface area contributed by atoms with Crippen molar-refractivity contribution in [1.29, 1.82) is 0 Å². The highest BCUT2D eigenvalue weighted by Gasteiger charge is 2.30. The number of hydrogen-bond acceptors (Lipinski definition) is 9. The molecule has 1 rings (SSSR count). The molecule has 0 spiro atoms. The summed E-state index contributed by atoms with van der Waals surface area (Å²) in [5.41, 5.74) is 11.7. The second-order valence-electron chi connectivity index (χ2n) is 17.5. The van der Waals surface area contributed by atoms with E-state index in [1.807, 2.05) is 0 Å². The Hall–Kier alpha value is -3.59. The summed E-state index contributed by atoms with van der Waals surface area (Å²) in [5, 5.41) is 29.6. The molecule has 1 saturated carbocycles. The van der Waals surface area contributed by atoms with Crippen molar-refractivity contribution in [2.45, 2.75) is 218 Å². The number of rotatable bonds is 39. The average Bonchev–Trinajstić information content (AvgIpc) is 3.23. The van der Waals surface area contributed by atoms with Crippen LogP contribution in [0.2, 0.25) is 0 Å². The number of carboxylic acid groups (broad SMARTS) is 2. The van der Waals surface area contributed by atoms with E-state index in [2.05, 4.69) is 21.3 Å². The molecule has 10 N–H and O–H groups in total. The molecule has 1 aliphatic carbocycles. The summed E-state index contributed by atoms with van der Waals surface area (Å²) in [5.74, 6) is -2.71. The van der Waals surface area contributed by atoms with Crippen molar-refractivity contribution < 1.29 is 43.8 Å². The van der Waals surface area contributed by atoms with E-state index >= 15 is 0 Å². The quantitative estimate of drug-likeness (QED) is 0.0324. The van der Waals surface area contributed by atoms with Gasteiger partial charge in [0.15, 0.2) is 0 Å². The van der Waals surface area contributed by atoms with Crippen LogP contribution < -0.4 is 32.7 Å². The summed E-state index contributed by atoms with van der Waals surface area (Å²) in [7, 11) is 0. The minimum atomic E-state index is -1.18. The van der Waals surface area contributed by atoms with E-state index in [1.54, 1.807) is 0 Å². The third-order valence-electron chi connectivity index (χ3n) is 12.0. The molecule has 3 atom stereocenters. The second kappa shape index (κ2) is 35.9. The van der Waals surface area contributed by atoms with Crippen molar-refractivity contribution in [2.75, 3.05) is 19.6 Å². The summed E-state index contributed by atoms with van der Waals surface area (Å²) in [4.78, 5) is 83.6. The van der Waals surface area contributed by atoms with Gasteiger partial charge >= 0.3 is 11.9 Å². The fourth-order valence-electron chi connectivity index (χ4n) is 7.81. The predicted octanol–water partition coefficient (Wildman–Crippen LogP) is 6.18. The summed E-state index contributed by atoms with van der Waals surface area (Å²) in [6.07, 6.45) is 26.1. The molecule has 1 aliphatic rings. The molecule has 0 unspecified atom stereocenters. The number of unbranched alkanes of at least 4 members (excludes halogenated alkanes) is 17. The van der Waals surface area contributed by atoms with Crippen LogP contribution in [0.3, 0.4) is 0 Å². The van der Waals surface area contributed by atoms with Crippen LogP contribution in [0.5, 0.6) is 0 Å². The first-order valence-electron chi connectivity index (χ1n) is 23.9. The monoisotopic (exact) mass is 865 g/mol. The molecule has 61 heavy (non-hydrogen) atoms. The van der Waals surface area contributed by atoms with Crippen molar-refractivity contribution in [1.82, 2.24) is 21.3 Å². The lowest BCUT2D eigenvalue weighted by Crippen LogP contribution is -2.45. The van der Waals surface area contributed by atoms with E-state index < -0.39 is 30.1 Å². The summed E-state index contributed by atoms with van der Waals surface area (Å²) in [6.45, 7) is 2.88. The topological polar surface area (TPSA) is 260 Å². The Morgan fingerprint density at radius 1 is 0.525 bits per heavy atom. The Morgan fingerprint density at radius 2 is 0.984 bits per heavy atom. The van der Waals surface area contributed by atoms with Gasteiger partial charge in [0, 0.05) is 44.8 Å². The minimum Gasteiger partial charge on any atom is -0.481 e. The lowest BCUT2D eigenvalue weighted by molar-refractivity contribution is -0.143. The van der Waals surface area contributed by atoms with Crippen LogP contribution in [0.25, 0.3) is 0 Å². The van der Waals surface area contributed by atoms with E-state index in [9.17, 15) is 38.7 Å². The predicted molar refractivity (Wildman–Crippen MR) is 238 cm³/mol. The molecule has 0 aromatic carbocycles. The maximum Gasteiger partial charge on any atom is 0.326 e. The zero-order valence-electron chi connectivity index (χ0n) is 37.6. The Morgan fingerprint density at radius 3 is 1.48 bits per heavy atom. The van der Waals surface area contributed by atoms with Crippen LogP contribution in [0, 0.1) is 11.8 Å². The second-order valence-corrected chi connectivity index (χ2v) is 17.5. The summed E-state index contributed by atoms with van der Waals surface area (Å²) < 4.78 is 0. The molecule has 15 nitrogen and oxygen atoms in total. The van der Waals surface area contributed by atoms with Crippen molar-refractivity contribution in [3.05, 3.63) is 0 Å². The molecule has 1 fully saturated rings. The van der Waals surface area contributed by atoms with E-state index in [1.165, 1.54) is 71.1 Å². The van der Waals surface area contributed by atoms with Gasteiger partial charge in [0.25, 0.3) is 0 Å². The van der Waals surface area contributed by atoms with E-state index in [0.717, 1.165) is 57.8 Å². The molecule has 0 aliphatic heterocycles. The first-order valence-corrected chi connectivity index (χ1v) is 23.9. The van der Waals surface area contributed by atoms with Crippen molar-refractivity contribution >= 4 is 41.4 Å². The van der Waals surface area contributed by atoms with Crippen LogP contribution in [0.4, 0.5) is 0 Å². The molecule has 0 aromatic heterocycles. The third kappa shape index (κ3) is 31.0. The normalized spacial score (nSPS) is 16.5. The Balaban J connectivity index is 2.06. The smallest absolute Gasteiger partial charge is 0.326 e. The first-order chi connectivity index (χ1) is 29.3. The van der Waals surface area contributed by atoms with Gasteiger partial charge in [0.05, 0.1) is 12.1 Å². The van der Waals surface area contributed by atoms with Crippen LogP contribution in [0.1, 0.15) is 200 Å². The maximum atomic E-state index is 12.9. The summed E-state index contributed by atoms with van der Waals surface area (Å²) in [6, 6.07) is -2.29. The first kappa shape index (κ1) is 55.4. The van der Waals surface area contributed by atoms with Crippen LogP contribution in [0.15, 0.2) is 0 Å². The highest BCUT2D eigenvalue weighted by Crippen LogP contribution is 2.29. The van der Waals surface area contributed by atoms with Crippen molar-refractivity contribution in [3.8, 4) is 0 Å². The van der Waals surface area contributed by atoms with Gasteiger partial charge in [0.1, 0.15) is 11.8 Å². The SMILES string of the molecule is CC(=O)[C@@H](N)CCCCNC(=O)[C@@H](N)CCCCNC(=O)CC[C@H](NC(=O)[C@H]1CC[C@H](CNC(=O)CCCCCCCCCCCCCCCCCCC(=O)O)CC1)C(=O)O. The van der Waals surface area contributed by atoms with Crippen LogP contribution in [-0.2, 0) is 33.6 Å². The molecule has 352 valence electrons. The molecule has 0 radical (unpaired) electrons. The minimum absolute atomic E-state index is 0.0245. The van der Waals surface area contributed by atoms with Crippen molar-refractivity contribution in [2.24, 2.45) is 23.3 Å². The molecular weight excluding hydrogens is 781 g/mol. The Bertz CT molecular complexity index is 1260. The number of nitrogens with one attached hydrogen (secondary N) is 4. The lowest BCUT2D eigenvalue weighted by Gasteiger charge is -2.28. The van der Waals surface area contributed by atoms with Gasteiger partial charge in [-0.2, -0.15) is 0 Å². The molecule has 0 heterocycles. The molecule has 15 heteroatoms. The number of amides is 4. The number of Topliss-reactive ketones (excluding diaryl/α,β-unsaturated/α-hetero) is 1. The third-order valence-corrected chi connectivity index (χ3v) is 12.0. The fraction of sp³-hybridized carbons (Fsp3) is 0.848. The molecule has 0 saturated heterocycles. The Labute approximate surface area is 366 Å². The molecule has 0 bridgehead atoms. The zero-order valence-corrected chi connectivity index (χ0v) is 37.6. The zero-order chi connectivity index (χ0) is 45.1. The number of carbonyl (C=O) groups excluding carboxylic acids is 5. The Kier molecular flexibility index (Phi) is 32.7. The van der Waals surface area contributed by atoms with E-state index in [4.69, 9.17) is 16.6 Å². The number of aliphatic carboxylic acids is 2. The van der Waals surface area contributed by atoms with Gasteiger partial charge in [-0.3, -0.25) is 28.8 Å². The molecular formula is C46H84N6O9. The highest BCUT2D eigenvalue weighted by molar-refractivity contribution is 5.86. The van der Waals surface area contributed by atoms with Crippen molar-refractivity contribution in [3.63, 3.8) is 0 Å². The van der Waals surface area contributed by atoms with Crippen LogP contribution in [-0.4, -0.2) is 89.3 Å². The molecule has 4 amide bonds. The molecule has 0 aromatic rings. The van der Waals surface area contributed by atoms with Gasteiger partial charge in [-0.25, -0.2) is 4.79 Å². The number of carboxylic acids is 2. The lowest BCUT2D eigenvalue weighted by atomic mass is 9.81. The average molecular weight is 865 g/mol. The summed E-state index contributed by atoms with van der Waals surface area (Å²) >= 11 is 0. The van der Waals surface area contributed by atoms with Gasteiger partial charge in [-0.1, -0.05) is 89.9 Å².